The molecule has 0 aromatic carbocycles. The van der Waals surface area contributed by atoms with Crippen LogP contribution in [0.25, 0.3) is 0 Å². The van der Waals surface area contributed by atoms with Crippen LogP contribution in [0, 0.1) is 0 Å². The lowest BCUT2D eigenvalue weighted by atomic mass is 10.3. The van der Waals surface area contributed by atoms with Crippen molar-refractivity contribution in [1.29, 1.82) is 0 Å². The topological polar surface area (TPSA) is 50.1 Å². The average Bonchev–Trinajstić information content (AvgIpc) is 2.68. The maximum atomic E-state index is 11.9. The molecule has 0 saturated heterocycles. The van der Waals surface area contributed by atoms with E-state index >= 15 is 0 Å². The van der Waals surface area contributed by atoms with Crippen LogP contribution in [0.5, 0.6) is 0 Å². The third-order valence-corrected chi connectivity index (χ3v) is 2.04. The SMILES string of the molecule is OC(CNCCCn1ccnc1)C(F)(F)F. The van der Waals surface area contributed by atoms with Gasteiger partial charge in [-0.05, 0) is 13.0 Å². The van der Waals surface area contributed by atoms with Gasteiger partial charge in [-0.25, -0.2) is 4.98 Å². The van der Waals surface area contributed by atoms with Crippen LogP contribution in [0.1, 0.15) is 6.42 Å². The Morgan fingerprint density at radius 2 is 2.19 bits per heavy atom. The summed E-state index contributed by atoms with van der Waals surface area (Å²) in [4.78, 5) is 3.84. The van der Waals surface area contributed by atoms with Crippen LogP contribution in [-0.4, -0.2) is 40.0 Å². The van der Waals surface area contributed by atoms with Crippen LogP contribution in [0.15, 0.2) is 18.7 Å². The molecule has 16 heavy (non-hydrogen) atoms. The van der Waals surface area contributed by atoms with E-state index in [2.05, 4.69) is 10.3 Å². The smallest absolute Gasteiger partial charge is 0.382 e. The summed E-state index contributed by atoms with van der Waals surface area (Å²) < 4.78 is 37.5. The second kappa shape index (κ2) is 5.86. The van der Waals surface area contributed by atoms with Crippen molar-refractivity contribution in [3.05, 3.63) is 18.7 Å². The second-order valence-electron chi connectivity index (χ2n) is 3.42. The number of hydrogen-bond donors (Lipinski definition) is 2. The average molecular weight is 237 g/mol. The van der Waals surface area contributed by atoms with Gasteiger partial charge in [-0.2, -0.15) is 13.2 Å². The van der Waals surface area contributed by atoms with Gasteiger partial charge in [0.1, 0.15) is 0 Å². The van der Waals surface area contributed by atoms with Crippen molar-refractivity contribution in [1.82, 2.24) is 14.9 Å². The first-order valence-electron chi connectivity index (χ1n) is 4.91. The molecular formula is C9H14F3N3O. The van der Waals surface area contributed by atoms with Crippen LogP contribution < -0.4 is 5.32 Å². The molecule has 1 unspecified atom stereocenters. The Morgan fingerprint density at radius 3 is 2.75 bits per heavy atom. The summed E-state index contributed by atoms with van der Waals surface area (Å²) in [5, 5.41) is 11.2. The fourth-order valence-electron chi connectivity index (χ4n) is 1.16. The summed E-state index contributed by atoms with van der Waals surface area (Å²) in [6.07, 6.45) is -1.09. The van der Waals surface area contributed by atoms with E-state index in [9.17, 15) is 13.2 Å². The molecule has 92 valence electrons. The van der Waals surface area contributed by atoms with E-state index in [4.69, 9.17) is 5.11 Å². The van der Waals surface area contributed by atoms with E-state index in [0.29, 0.717) is 19.5 Å². The normalized spacial score (nSPS) is 14.0. The van der Waals surface area contributed by atoms with Crippen LogP contribution in [0.3, 0.4) is 0 Å². The van der Waals surface area contributed by atoms with E-state index in [1.165, 1.54) is 0 Å². The number of nitrogens with zero attached hydrogens (tertiary/aromatic N) is 2. The molecule has 1 rings (SSSR count). The highest BCUT2D eigenvalue weighted by atomic mass is 19.4. The fourth-order valence-corrected chi connectivity index (χ4v) is 1.16. The molecule has 0 bridgehead atoms. The van der Waals surface area contributed by atoms with E-state index < -0.39 is 18.8 Å². The zero-order chi connectivity index (χ0) is 12.0. The van der Waals surface area contributed by atoms with E-state index in [1.54, 1.807) is 18.7 Å². The third kappa shape index (κ3) is 4.63. The molecule has 1 heterocycles. The van der Waals surface area contributed by atoms with Gasteiger partial charge in [-0.3, -0.25) is 0 Å². The molecule has 0 aliphatic heterocycles. The Balaban J connectivity index is 2.04. The number of nitrogens with one attached hydrogen (secondary N) is 1. The summed E-state index contributed by atoms with van der Waals surface area (Å²) in [6, 6.07) is 0. The lowest BCUT2D eigenvalue weighted by Gasteiger charge is -2.14. The molecule has 0 amide bonds. The van der Waals surface area contributed by atoms with Gasteiger partial charge in [0.05, 0.1) is 6.33 Å². The molecule has 1 atom stereocenters. The Morgan fingerprint density at radius 1 is 1.44 bits per heavy atom. The molecule has 0 spiro atoms. The highest BCUT2D eigenvalue weighted by Crippen LogP contribution is 2.18. The lowest BCUT2D eigenvalue weighted by Crippen LogP contribution is -2.38. The minimum Gasteiger partial charge on any atom is -0.382 e. The molecule has 0 saturated carbocycles. The van der Waals surface area contributed by atoms with Crippen molar-refractivity contribution >= 4 is 0 Å². The number of alkyl halides is 3. The maximum Gasteiger partial charge on any atom is 0.415 e. The molecule has 7 heteroatoms. The van der Waals surface area contributed by atoms with Gasteiger partial charge in [0.2, 0.25) is 0 Å². The van der Waals surface area contributed by atoms with Crippen LogP contribution in [-0.2, 0) is 6.54 Å². The third-order valence-electron chi connectivity index (χ3n) is 2.04. The quantitative estimate of drug-likeness (QED) is 0.719. The van der Waals surface area contributed by atoms with Crippen molar-refractivity contribution in [3.8, 4) is 0 Å². The Hall–Kier alpha value is -1.08. The minimum absolute atomic E-state index is 0.422. The van der Waals surface area contributed by atoms with Crippen molar-refractivity contribution in [3.63, 3.8) is 0 Å². The summed E-state index contributed by atoms with van der Waals surface area (Å²) in [5.41, 5.74) is 0. The van der Waals surface area contributed by atoms with Crippen LogP contribution in [0.2, 0.25) is 0 Å². The number of imidazole rings is 1. The summed E-state index contributed by atoms with van der Waals surface area (Å²) in [6.45, 7) is 0.647. The van der Waals surface area contributed by atoms with Gasteiger partial charge < -0.3 is 15.0 Å². The first kappa shape index (κ1) is 13.0. The van der Waals surface area contributed by atoms with Gasteiger partial charge in [0.25, 0.3) is 0 Å². The Labute approximate surface area is 91.1 Å². The molecule has 0 radical (unpaired) electrons. The van der Waals surface area contributed by atoms with Crippen LogP contribution >= 0.6 is 0 Å². The summed E-state index contributed by atoms with van der Waals surface area (Å²) in [5.74, 6) is 0. The largest absolute Gasteiger partial charge is 0.415 e. The number of rotatable bonds is 6. The maximum absolute atomic E-state index is 11.9. The number of hydrogen-bond acceptors (Lipinski definition) is 3. The summed E-state index contributed by atoms with van der Waals surface area (Å²) >= 11 is 0. The fraction of sp³-hybridized carbons (Fsp3) is 0.667. The minimum atomic E-state index is -4.54. The predicted molar refractivity (Wildman–Crippen MR) is 51.8 cm³/mol. The van der Waals surface area contributed by atoms with Crippen LogP contribution in [0.4, 0.5) is 13.2 Å². The highest BCUT2D eigenvalue weighted by molar-refractivity contribution is 4.74. The first-order valence-corrected chi connectivity index (χ1v) is 4.91. The molecule has 4 nitrogen and oxygen atoms in total. The molecule has 2 N–H and O–H groups in total. The monoisotopic (exact) mass is 237 g/mol. The number of halogens is 3. The number of aromatic nitrogens is 2. The van der Waals surface area contributed by atoms with Crippen molar-refractivity contribution in [2.75, 3.05) is 13.1 Å². The molecule has 0 aliphatic carbocycles. The molecule has 0 aliphatic rings. The van der Waals surface area contributed by atoms with Crippen molar-refractivity contribution < 1.29 is 18.3 Å². The van der Waals surface area contributed by atoms with E-state index in [-0.39, 0.29) is 0 Å². The van der Waals surface area contributed by atoms with Gasteiger partial charge in [0.15, 0.2) is 6.10 Å². The zero-order valence-electron chi connectivity index (χ0n) is 8.61. The van der Waals surface area contributed by atoms with Crippen molar-refractivity contribution in [2.24, 2.45) is 0 Å². The Kier molecular flexibility index (Phi) is 4.75. The number of aliphatic hydroxyl groups excluding tert-OH is 1. The van der Waals surface area contributed by atoms with Gasteiger partial charge in [-0.15, -0.1) is 0 Å². The molecule has 1 aromatic rings. The predicted octanol–water partition coefficient (Wildman–Crippen LogP) is 0.786. The van der Waals surface area contributed by atoms with Gasteiger partial charge >= 0.3 is 6.18 Å². The molecule has 1 aromatic heterocycles. The second-order valence-corrected chi connectivity index (χ2v) is 3.42. The van der Waals surface area contributed by atoms with E-state index in [1.807, 2.05) is 4.57 Å². The zero-order valence-corrected chi connectivity index (χ0v) is 8.61. The van der Waals surface area contributed by atoms with E-state index in [0.717, 1.165) is 0 Å². The first-order chi connectivity index (χ1) is 7.50. The lowest BCUT2D eigenvalue weighted by molar-refractivity contribution is -0.201. The van der Waals surface area contributed by atoms with Gasteiger partial charge in [-0.1, -0.05) is 0 Å². The number of aryl methyl sites for hydroxylation is 1. The van der Waals surface area contributed by atoms with Crippen molar-refractivity contribution in [2.45, 2.75) is 25.2 Å². The number of aliphatic hydroxyl groups is 1. The molecule has 0 fully saturated rings. The van der Waals surface area contributed by atoms with Gasteiger partial charge in [0, 0.05) is 25.5 Å². The Bertz CT molecular complexity index is 287. The standard InChI is InChI=1S/C9H14F3N3O/c10-9(11,12)8(16)6-13-2-1-4-15-5-3-14-7-15/h3,5,7-8,13,16H,1-2,4,6H2. The molecular weight excluding hydrogens is 223 g/mol. The summed E-state index contributed by atoms with van der Waals surface area (Å²) in [7, 11) is 0. The highest BCUT2D eigenvalue weighted by Gasteiger charge is 2.37.